The molecule has 2 atom stereocenters. The highest BCUT2D eigenvalue weighted by atomic mass is 35.5. The fourth-order valence-corrected chi connectivity index (χ4v) is 4.31. The highest BCUT2D eigenvalue weighted by molar-refractivity contribution is 6.30. The lowest BCUT2D eigenvalue weighted by Gasteiger charge is -2.38. The Hall–Kier alpha value is -1.59. The predicted octanol–water partition coefficient (Wildman–Crippen LogP) is 3.40. The number of rotatable bonds is 5. The fourth-order valence-electron chi connectivity index (χ4n) is 4.19. The van der Waals surface area contributed by atoms with Gasteiger partial charge in [0.2, 0.25) is 5.91 Å². The van der Waals surface area contributed by atoms with Crippen molar-refractivity contribution >= 4 is 23.5 Å². The van der Waals surface area contributed by atoms with Gasteiger partial charge in [0.1, 0.15) is 0 Å². The van der Waals surface area contributed by atoms with Gasteiger partial charge in [0, 0.05) is 36.1 Å². The van der Waals surface area contributed by atoms with E-state index in [0.29, 0.717) is 37.6 Å². The van der Waals surface area contributed by atoms with Crippen LogP contribution in [-0.2, 0) is 19.7 Å². The largest absolute Gasteiger partial charge is 0.481 e. The van der Waals surface area contributed by atoms with E-state index in [2.05, 4.69) is 5.32 Å². The Morgan fingerprint density at radius 3 is 2.46 bits per heavy atom. The maximum atomic E-state index is 12.7. The average molecular weight is 380 g/mol. The molecule has 142 valence electrons. The van der Waals surface area contributed by atoms with Crippen molar-refractivity contribution in [2.45, 2.75) is 43.9 Å². The Morgan fingerprint density at radius 2 is 1.81 bits per heavy atom. The number of amides is 1. The number of carbonyl (C=O) groups is 2. The van der Waals surface area contributed by atoms with Gasteiger partial charge in [-0.2, -0.15) is 0 Å². The second kappa shape index (κ2) is 8.40. The first-order valence-electron chi connectivity index (χ1n) is 9.34. The van der Waals surface area contributed by atoms with Crippen molar-refractivity contribution in [3.63, 3.8) is 0 Å². The second-order valence-corrected chi connectivity index (χ2v) is 7.95. The van der Waals surface area contributed by atoms with E-state index in [0.717, 1.165) is 31.2 Å². The van der Waals surface area contributed by atoms with Crippen LogP contribution in [0.15, 0.2) is 24.3 Å². The van der Waals surface area contributed by atoms with Crippen molar-refractivity contribution in [1.82, 2.24) is 5.32 Å². The number of carbonyl (C=O) groups excluding carboxylic acids is 1. The van der Waals surface area contributed by atoms with Gasteiger partial charge in [-0.05, 0) is 49.8 Å². The Kier molecular flexibility index (Phi) is 6.20. The van der Waals surface area contributed by atoms with E-state index in [-0.39, 0.29) is 17.2 Å². The molecule has 2 aliphatic rings. The number of hydrogen-bond acceptors (Lipinski definition) is 3. The monoisotopic (exact) mass is 379 g/mol. The van der Waals surface area contributed by atoms with Gasteiger partial charge in [0.05, 0.1) is 5.92 Å². The topological polar surface area (TPSA) is 75.6 Å². The molecule has 26 heavy (non-hydrogen) atoms. The summed E-state index contributed by atoms with van der Waals surface area (Å²) >= 11 is 6.02. The molecule has 0 radical (unpaired) electrons. The Balaban J connectivity index is 1.67. The van der Waals surface area contributed by atoms with Crippen LogP contribution in [0.1, 0.15) is 44.1 Å². The van der Waals surface area contributed by atoms with E-state index in [1.165, 1.54) is 0 Å². The molecule has 6 heteroatoms. The van der Waals surface area contributed by atoms with Gasteiger partial charge in [0.15, 0.2) is 0 Å². The molecule has 0 spiro atoms. The number of hydrogen-bond donors (Lipinski definition) is 2. The molecule has 1 saturated carbocycles. The van der Waals surface area contributed by atoms with Gasteiger partial charge in [-0.25, -0.2) is 0 Å². The van der Waals surface area contributed by atoms with E-state index in [1.54, 1.807) is 0 Å². The summed E-state index contributed by atoms with van der Waals surface area (Å²) in [7, 11) is 0. The Labute approximate surface area is 159 Å². The smallest absolute Gasteiger partial charge is 0.306 e. The molecule has 2 N–H and O–H groups in total. The van der Waals surface area contributed by atoms with E-state index < -0.39 is 11.9 Å². The number of ether oxygens (including phenoxy) is 1. The molecule has 0 bridgehead atoms. The average Bonchev–Trinajstić information content (AvgIpc) is 2.67. The lowest BCUT2D eigenvalue weighted by Crippen LogP contribution is -2.46. The minimum absolute atomic E-state index is 0.0178. The second-order valence-electron chi connectivity index (χ2n) is 7.52. The number of aliphatic carboxylic acids is 1. The van der Waals surface area contributed by atoms with Crippen LogP contribution in [-0.4, -0.2) is 36.7 Å². The van der Waals surface area contributed by atoms with Crippen LogP contribution in [0.5, 0.6) is 0 Å². The maximum absolute atomic E-state index is 12.7. The first-order chi connectivity index (χ1) is 12.5. The van der Waals surface area contributed by atoms with Crippen LogP contribution in [0.3, 0.4) is 0 Å². The third-order valence-corrected chi connectivity index (χ3v) is 6.15. The van der Waals surface area contributed by atoms with Crippen LogP contribution >= 0.6 is 11.6 Å². The van der Waals surface area contributed by atoms with Crippen molar-refractivity contribution in [2.75, 3.05) is 19.8 Å². The van der Waals surface area contributed by atoms with Crippen molar-refractivity contribution in [3.8, 4) is 0 Å². The third kappa shape index (κ3) is 4.38. The lowest BCUT2D eigenvalue weighted by molar-refractivity contribution is -0.144. The van der Waals surface area contributed by atoms with Gasteiger partial charge < -0.3 is 15.2 Å². The zero-order chi connectivity index (χ0) is 18.6. The van der Waals surface area contributed by atoms with Crippen molar-refractivity contribution < 1.29 is 19.4 Å². The molecule has 1 heterocycles. The molecule has 2 unspecified atom stereocenters. The van der Waals surface area contributed by atoms with E-state index in [9.17, 15) is 14.7 Å². The van der Waals surface area contributed by atoms with Crippen molar-refractivity contribution in [2.24, 2.45) is 11.8 Å². The SMILES string of the molecule is O=C(O)C1CCCC(C(=O)NCC2(c3ccc(Cl)cc3)CCOCC2)C1. The Bertz CT molecular complexity index is 640. The first-order valence-corrected chi connectivity index (χ1v) is 9.72. The number of carboxylic acids is 1. The van der Waals surface area contributed by atoms with Gasteiger partial charge in [-0.15, -0.1) is 0 Å². The third-order valence-electron chi connectivity index (χ3n) is 5.90. The molecule has 1 aromatic rings. The van der Waals surface area contributed by atoms with Crippen LogP contribution in [0.2, 0.25) is 5.02 Å². The zero-order valence-corrected chi connectivity index (χ0v) is 15.6. The highest BCUT2D eigenvalue weighted by Gasteiger charge is 2.36. The summed E-state index contributed by atoms with van der Waals surface area (Å²) in [5, 5.41) is 13.0. The highest BCUT2D eigenvalue weighted by Crippen LogP contribution is 2.35. The molecule has 1 saturated heterocycles. The number of carboxylic acid groups (broad SMARTS) is 1. The predicted molar refractivity (Wildman–Crippen MR) is 99.3 cm³/mol. The zero-order valence-electron chi connectivity index (χ0n) is 14.9. The number of halogens is 1. The van der Waals surface area contributed by atoms with E-state index >= 15 is 0 Å². The summed E-state index contributed by atoms with van der Waals surface area (Å²) in [6.07, 6.45) is 4.37. The van der Waals surface area contributed by atoms with Crippen molar-refractivity contribution in [3.05, 3.63) is 34.9 Å². The molecule has 0 aromatic heterocycles. The molecule has 1 aliphatic carbocycles. The Morgan fingerprint density at radius 1 is 1.15 bits per heavy atom. The molecule has 1 aromatic carbocycles. The van der Waals surface area contributed by atoms with Gasteiger partial charge in [0.25, 0.3) is 0 Å². The number of nitrogens with one attached hydrogen (secondary N) is 1. The first kappa shape index (κ1) is 19.2. The van der Waals surface area contributed by atoms with E-state index in [1.807, 2.05) is 24.3 Å². The summed E-state index contributed by atoms with van der Waals surface area (Å²) in [6, 6.07) is 7.82. The summed E-state index contributed by atoms with van der Waals surface area (Å²) in [5.41, 5.74) is 1.01. The van der Waals surface area contributed by atoms with Gasteiger partial charge in [-0.1, -0.05) is 30.2 Å². The van der Waals surface area contributed by atoms with Crippen LogP contribution in [0.25, 0.3) is 0 Å². The van der Waals surface area contributed by atoms with Gasteiger partial charge in [-0.3, -0.25) is 9.59 Å². The molecule has 1 aliphatic heterocycles. The summed E-state index contributed by atoms with van der Waals surface area (Å²) < 4.78 is 5.53. The number of benzene rings is 1. The minimum Gasteiger partial charge on any atom is -0.481 e. The van der Waals surface area contributed by atoms with Crippen molar-refractivity contribution in [1.29, 1.82) is 0 Å². The molecule has 2 fully saturated rings. The molecular formula is C20H26ClNO4. The fraction of sp³-hybridized carbons (Fsp3) is 0.600. The molecular weight excluding hydrogens is 354 g/mol. The molecule has 3 rings (SSSR count). The molecule has 5 nitrogen and oxygen atoms in total. The normalized spacial score (nSPS) is 25.4. The minimum atomic E-state index is -0.787. The maximum Gasteiger partial charge on any atom is 0.306 e. The molecule has 1 amide bonds. The van der Waals surface area contributed by atoms with Crippen LogP contribution in [0, 0.1) is 11.8 Å². The van der Waals surface area contributed by atoms with Gasteiger partial charge >= 0.3 is 5.97 Å². The summed E-state index contributed by atoms with van der Waals surface area (Å²) in [4.78, 5) is 23.9. The summed E-state index contributed by atoms with van der Waals surface area (Å²) in [5.74, 6) is -1.40. The quantitative estimate of drug-likeness (QED) is 0.822. The van der Waals surface area contributed by atoms with Crippen LogP contribution < -0.4 is 5.32 Å². The van der Waals surface area contributed by atoms with Crippen LogP contribution in [0.4, 0.5) is 0 Å². The standard InChI is InChI=1S/C20H26ClNO4/c21-17-6-4-16(5-7-17)20(8-10-26-11-9-20)13-22-18(23)14-2-1-3-15(12-14)19(24)25/h4-7,14-15H,1-3,8-13H2,(H,22,23)(H,24,25). The van der Waals surface area contributed by atoms with E-state index in [4.69, 9.17) is 16.3 Å². The summed E-state index contributed by atoms with van der Waals surface area (Å²) in [6.45, 7) is 1.89. The lowest BCUT2D eigenvalue weighted by atomic mass is 9.74.